The van der Waals surface area contributed by atoms with Crippen LogP contribution < -0.4 is 21.3 Å². The lowest BCUT2D eigenvalue weighted by Crippen LogP contribution is -2.62. The topological polar surface area (TPSA) is 215 Å². The number of carbonyl (C=O) groups excluding carboxylic acids is 5. The molecule has 1 unspecified atom stereocenters. The van der Waals surface area contributed by atoms with Crippen LogP contribution in [0.1, 0.15) is 85.5 Å². The molecule has 0 aromatic rings. The molecule has 6 amide bonds. The van der Waals surface area contributed by atoms with Crippen LogP contribution in [0, 0.1) is 5.92 Å². The first-order valence-corrected chi connectivity index (χ1v) is 15.5. The van der Waals surface area contributed by atoms with Gasteiger partial charge in [0, 0.05) is 25.7 Å². The maximum atomic E-state index is 13.7. The first-order valence-electron chi connectivity index (χ1n) is 15.5. The second kappa shape index (κ2) is 17.4. The van der Waals surface area contributed by atoms with E-state index in [1.165, 1.54) is 4.90 Å². The van der Waals surface area contributed by atoms with Gasteiger partial charge in [0.1, 0.15) is 24.2 Å². The Kier molecular flexibility index (Phi) is 14.3. The molecular weight excluding hydrogens is 576 g/mol. The van der Waals surface area contributed by atoms with Crippen molar-refractivity contribution in [1.29, 1.82) is 0 Å². The van der Waals surface area contributed by atoms with Crippen molar-refractivity contribution < 1.29 is 43.8 Å². The number of nitrogens with zero attached hydrogens (tertiary/aromatic N) is 2. The van der Waals surface area contributed by atoms with Crippen LogP contribution in [0.25, 0.3) is 0 Å². The van der Waals surface area contributed by atoms with Crippen molar-refractivity contribution in [2.75, 3.05) is 19.6 Å². The van der Waals surface area contributed by atoms with Gasteiger partial charge in [-0.3, -0.25) is 24.0 Å². The van der Waals surface area contributed by atoms with Gasteiger partial charge >= 0.3 is 18.0 Å². The molecule has 0 bridgehead atoms. The number of carbonyl (C=O) groups is 7. The molecule has 0 aliphatic carbocycles. The molecule has 44 heavy (non-hydrogen) atoms. The number of carboxylic acids is 2. The lowest BCUT2D eigenvalue weighted by Gasteiger charge is -2.38. The van der Waals surface area contributed by atoms with Crippen molar-refractivity contribution >= 4 is 41.6 Å². The summed E-state index contributed by atoms with van der Waals surface area (Å²) in [5.41, 5.74) is 0. The summed E-state index contributed by atoms with van der Waals surface area (Å²) in [7, 11) is 0. The van der Waals surface area contributed by atoms with Gasteiger partial charge in [0.25, 0.3) is 0 Å². The third kappa shape index (κ3) is 11.0. The first-order chi connectivity index (χ1) is 20.8. The molecule has 2 aliphatic heterocycles. The minimum absolute atomic E-state index is 0.0727. The Morgan fingerprint density at radius 2 is 1.45 bits per heavy atom. The van der Waals surface area contributed by atoms with E-state index < -0.39 is 72.7 Å². The van der Waals surface area contributed by atoms with E-state index in [9.17, 15) is 43.8 Å². The summed E-state index contributed by atoms with van der Waals surface area (Å²) in [5, 5.41) is 29.1. The summed E-state index contributed by atoms with van der Waals surface area (Å²) in [4.78, 5) is 92.2. The van der Waals surface area contributed by atoms with Gasteiger partial charge in [-0.05, 0) is 50.9 Å². The molecule has 0 saturated carbocycles. The fourth-order valence-corrected chi connectivity index (χ4v) is 5.44. The van der Waals surface area contributed by atoms with Crippen LogP contribution in [0.3, 0.4) is 0 Å². The van der Waals surface area contributed by atoms with Gasteiger partial charge in [0.15, 0.2) is 0 Å². The van der Waals surface area contributed by atoms with E-state index in [4.69, 9.17) is 0 Å². The molecule has 248 valence electrons. The molecular formula is C29H48N6O9. The lowest BCUT2D eigenvalue weighted by molar-refractivity contribution is -0.149. The number of hydrogen-bond acceptors (Lipinski definition) is 7. The van der Waals surface area contributed by atoms with Crippen molar-refractivity contribution in [1.82, 2.24) is 31.1 Å². The molecule has 0 aromatic carbocycles. The molecule has 6 N–H and O–H groups in total. The van der Waals surface area contributed by atoms with Crippen molar-refractivity contribution in [3.8, 4) is 0 Å². The summed E-state index contributed by atoms with van der Waals surface area (Å²) in [6, 6.07) is -5.94. The van der Waals surface area contributed by atoms with E-state index in [1.807, 2.05) is 13.8 Å². The average Bonchev–Trinajstić information content (AvgIpc) is 3.50. The monoisotopic (exact) mass is 624 g/mol. The second-order valence-electron chi connectivity index (χ2n) is 11.9. The highest BCUT2D eigenvalue weighted by Gasteiger charge is 2.41. The van der Waals surface area contributed by atoms with Gasteiger partial charge in [0.05, 0.1) is 12.8 Å². The number of carboxylic acid groups (broad SMARTS) is 2. The number of hydrogen-bond donors (Lipinski definition) is 6. The molecule has 4 atom stereocenters. The summed E-state index contributed by atoms with van der Waals surface area (Å²) in [5.74, 6) is -5.73. The number of nitrogens with one attached hydrogen (secondary N) is 4. The van der Waals surface area contributed by atoms with Crippen LogP contribution in [-0.2, 0) is 28.8 Å². The van der Waals surface area contributed by atoms with E-state index in [-0.39, 0.29) is 30.8 Å². The standard InChI is InChI=1S/C29H48N6O9/c1-5-18(6-2)30-29(44)33-19-10-9-13-35(27(19)41)22(16-23(36)34-11-7-8-12-34)26(40)31-20(15-24(37)38)25(39)32-21(28(42)43)14-17(3)4/h17-22H,5-16H2,1-4H3,(H,31,40)(H,32,39)(H,37,38)(H,42,43)(H2,30,33,44)/t19?,20-,21-,22+/m0/s1. The van der Waals surface area contributed by atoms with Crippen LogP contribution in [0.4, 0.5) is 4.79 Å². The van der Waals surface area contributed by atoms with Crippen molar-refractivity contribution in [3.05, 3.63) is 0 Å². The normalized spacial score (nSPS) is 18.9. The van der Waals surface area contributed by atoms with E-state index in [1.54, 1.807) is 18.7 Å². The minimum Gasteiger partial charge on any atom is -0.481 e. The number of aliphatic carboxylic acids is 2. The SMILES string of the molecule is CCC(CC)NC(=O)NC1CCCN([C@H](CC(=O)N2CCCC2)C(=O)N[C@@H](CC(=O)O)C(=O)N[C@@H](CC(C)C)C(=O)O)C1=O. The van der Waals surface area contributed by atoms with Crippen LogP contribution >= 0.6 is 0 Å². The largest absolute Gasteiger partial charge is 0.481 e. The molecule has 15 heteroatoms. The highest BCUT2D eigenvalue weighted by Crippen LogP contribution is 2.20. The minimum atomic E-state index is -1.67. The Bertz CT molecular complexity index is 1060. The smallest absolute Gasteiger partial charge is 0.326 e. The zero-order chi connectivity index (χ0) is 33.0. The van der Waals surface area contributed by atoms with Crippen LogP contribution in [0.15, 0.2) is 0 Å². The number of piperidine rings is 1. The van der Waals surface area contributed by atoms with Crippen LogP contribution in [0.5, 0.6) is 0 Å². The van der Waals surface area contributed by atoms with E-state index >= 15 is 0 Å². The van der Waals surface area contributed by atoms with Gasteiger partial charge in [-0.15, -0.1) is 0 Å². The summed E-state index contributed by atoms with van der Waals surface area (Å²) < 4.78 is 0. The molecule has 2 heterocycles. The quantitative estimate of drug-likeness (QED) is 0.140. The summed E-state index contributed by atoms with van der Waals surface area (Å²) in [6.07, 6.45) is 2.54. The lowest BCUT2D eigenvalue weighted by atomic mass is 9.99. The highest BCUT2D eigenvalue weighted by molar-refractivity contribution is 5.98. The molecule has 2 saturated heterocycles. The van der Waals surface area contributed by atoms with Gasteiger partial charge in [0.2, 0.25) is 23.6 Å². The Labute approximate surface area is 257 Å². The molecule has 2 fully saturated rings. The van der Waals surface area contributed by atoms with Crippen LogP contribution in [0.2, 0.25) is 0 Å². The van der Waals surface area contributed by atoms with E-state index in [2.05, 4.69) is 21.3 Å². The predicted octanol–water partition coefficient (Wildman–Crippen LogP) is 0.421. The van der Waals surface area contributed by atoms with Gasteiger partial charge < -0.3 is 41.3 Å². The molecule has 0 radical (unpaired) electrons. The summed E-state index contributed by atoms with van der Waals surface area (Å²) >= 11 is 0. The zero-order valence-electron chi connectivity index (χ0n) is 26.1. The second-order valence-corrected chi connectivity index (χ2v) is 11.9. The Morgan fingerprint density at radius 3 is 2.00 bits per heavy atom. The Hall–Kier alpha value is -3.91. The number of rotatable bonds is 16. The molecule has 0 spiro atoms. The predicted molar refractivity (Wildman–Crippen MR) is 158 cm³/mol. The van der Waals surface area contributed by atoms with Gasteiger partial charge in [-0.2, -0.15) is 0 Å². The maximum Gasteiger partial charge on any atom is 0.326 e. The van der Waals surface area contributed by atoms with Crippen molar-refractivity contribution in [2.24, 2.45) is 5.92 Å². The van der Waals surface area contributed by atoms with E-state index in [0.717, 1.165) is 12.8 Å². The average molecular weight is 625 g/mol. The molecule has 2 rings (SSSR count). The maximum absolute atomic E-state index is 13.7. The summed E-state index contributed by atoms with van der Waals surface area (Å²) in [6.45, 7) is 8.46. The first kappa shape index (κ1) is 36.3. The highest BCUT2D eigenvalue weighted by atomic mass is 16.4. The Balaban J connectivity index is 2.30. The fraction of sp³-hybridized carbons (Fsp3) is 0.759. The number of amides is 6. The molecule has 15 nitrogen and oxygen atoms in total. The van der Waals surface area contributed by atoms with E-state index in [0.29, 0.717) is 38.8 Å². The Morgan fingerprint density at radius 1 is 0.841 bits per heavy atom. The van der Waals surface area contributed by atoms with Crippen molar-refractivity contribution in [3.63, 3.8) is 0 Å². The molecule has 0 aromatic heterocycles. The fourth-order valence-electron chi connectivity index (χ4n) is 5.44. The zero-order valence-corrected chi connectivity index (χ0v) is 26.1. The van der Waals surface area contributed by atoms with Gasteiger partial charge in [-0.25, -0.2) is 9.59 Å². The third-order valence-corrected chi connectivity index (χ3v) is 7.94. The third-order valence-electron chi connectivity index (χ3n) is 7.94. The van der Waals surface area contributed by atoms with Crippen LogP contribution in [-0.4, -0.2) is 111 Å². The molecule has 2 aliphatic rings. The number of likely N-dealkylation sites (tertiary alicyclic amines) is 2. The number of urea groups is 1. The van der Waals surface area contributed by atoms with Crippen molar-refractivity contribution in [2.45, 2.75) is 116 Å². The van der Waals surface area contributed by atoms with Gasteiger partial charge in [-0.1, -0.05) is 27.7 Å².